The molecular weight excluding hydrogens is 228 g/mol. The predicted octanol–water partition coefficient (Wildman–Crippen LogP) is 1.54. The zero-order chi connectivity index (χ0) is 13.3. The molecule has 5 nitrogen and oxygen atoms in total. The highest BCUT2D eigenvalue weighted by Crippen LogP contribution is 2.29. The van der Waals surface area contributed by atoms with Crippen LogP contribution >= 0.6 is 0 Å². The van der Waals surface area contributed by atoms with Crippen LogP contribution in [0.3, 0.4) is 0 Å². The number of hydrogen-bond acceptors (Lipinski definition) is 3. The monoisotopic (exact) mass is 240 g/mol. The summed E-state index contributed by atoms with van der Waals surface area (Å²) in [6.07, 6.45) is 0. The van der Waals surface area contributed by atoms with Crippen molar-refractivity contribution in [1.82, 2.24) is 4.98 Å². The van der Waals surface area contributed by atoms with Gasteiger partial charge in [0.1, 0.15) is 17.3 Å². The van der Waals surface area contributed by atoms with Gasteiger partial charge >= 0.3 is 0 Å². The van der Waals surface area contributed by atoms with E-state index in [4.69, 9.17) is 16.7 Å². The molecule has 90 valence electrons. The van der Waals surface area contributed by atoms with Gasteiger partial charge in [0.2, 0.25) is 0 Å². The van der Waals surface area contributed by atoms with Crippen LogP contribution < -0.4 is 11.5 Å². The van der Waals surface area contributed by atoms with E-state index in [1.165, 1.54) is 0 Å². The Bertz CT molecular complexity index is 647. The summed E-state index contributed by atoms with van der Waals surface area (Å²) in [4.78, 5) is 14.0. The lowest BCUT2D eigenvalue weighted by molar-refractivity contribution is 0.0997. The quantitative estimate of drug-likeness (QED) is 0.740. The number of H-pyrrole nitrogens is 1. The Hall–Kier alpha value is -2.74. The van der Waals surface area contributed by atoms with Crippen LogP contribution in [0.1, 0.15) is 21.6 Å². The van der Waals surface area contributed by atoms with Gasteiger partial charge in [0.15, 0.2) is 0 Å². The standard InChI is InChI=1S/C13H12N4O/c1-7-2-4-8(5-3-7)11-9(6-14)10(15)12(17-11)13(16)18/h2-5,17H,15H2,1H3,(H2,16,18). The number of primary amides is 1. The van der Waals surface area contributed by atoms with Gasteiger partial charge in [-0.15, -0.1) is 0 Å². The van der Waals surface area contributed by atoms with E-state index in [2.05, 4.69) is 4.98 Å². The van der Waals surface area contributed by atoms with Gasteiger partial charge in [0.25, 0.3) is 5.91 Å². The van der Waals surface area contributed by atoms with Crippen LogP contribution in [0.25, 0.3) is 11.3 Å². The molecule has 0 atom stereocenters. The fourth-order valence-electron chi connectivity index (χ4n) is 1.76. The number of nitrogens with one attached hydrogen (secondary N) is 1. The number of benzene rings is 1. The molecule has 5 N–H and O–H groups in total. The molecule has 1 amide bonds. The third kappa shape index (κ3) is 1.80. The number of aryl methyl sites for hydroxylation is 1. The van der Waals surface area contributed by atoms with E-state index < -0.39 is 5.91 Å². The van der Waals surface area contributed by atoms with Gasteiger partial charge in [-0.2, -0.15) is 5.26 Å². The maximum absolute atomic E-state index is 11.2. The number of nitrogens with zero attached hydrogens (tertiary/aromatic N) is 1. The number of nitrogens with two attached hydrogens (primary N) is 2. The highest BCUT2D eigenvalue weighted by atomic mass is 16.1. The third-order valence-electron chi connectivity index (χ3n) is 2.74. The molecule has 0 aliphatic carbocycles. The first-order chi connectivity index (χ1) is 8.54. The molecule has 0 saturated heterocycles. The molecule has 0 spiro atoms. The summed E-state index contributed by atoms with van der Waals surface area (Å²) in [5.41, 5.74) is 13.7. The largest absolute Gasteiger partial charge is 0.396 e. The molecule has 0 unspecified atom stereocenters. The van der Waals surface area contributed by atoms with Gasteiger partial charge in [-0.25, -0.2) is 0 Å². The van der Waals surface area contributed by atoms with Gasteiger partial charge in [0, 0.05) is 0 Å². The Kier molecular flexibility index (Phi) is 2.78. The second kappa shape index (κ2) is 4.26. The molecule has 1 aromatic heterocycles. The van der Waals surface area contributed by atoms with E-state index >= 15 is 0 Å². The molecule has 0 radical (unpaired) electrons. The number of rotatable bonds is 2. The topological polar surface area (TPSA) is 109 Å². The third-order valence-corrected chi connectivity index (χ3v) is 2.74. The number of amides is 1. The molecule has 5 heteroatoms. The van der Waals surface area contributed by atoms with Crippen molar-refractivity contribution >= 4 is 11.6 Å². The Labute approximate surface area is 104 Å². The lowest BCUT2D eigenvalue weighted by atomic mass is 10.1. The maximum atomic E-state index is 11.2. The molecule has 0 aliphatic heterocycles. The Morgan fingerprint density at radius 2 is 1.94 bits per heavy atom. The summed E-state index contributed by atoms with van der Waals surface area (Å²) in [6, 6.07) is 9.52. The zero-order valence-corrected chi connectivity index (χ0v) is 9.82. The molecule has 0 aliphatic rings. The van der Waals surface area contributed by atoms with Crippen LogP contribution in [-0.4, -0.2) is 10.9 Å². The molecule has 2 rings (SSSR count). The number of anilines is 1. The van der Waals surface area contributed by atoms with Crippen molar-refractivity contribution in [3.05, 3.63) is 41.1 Å². The van der Waals surface area contributed by atoms with Gasteiger partial charge in [0.05, 0.1) is 11.4 Å². The fourth-order valence-corrected chi connectivity index (χ4v) is 1.76. The summed E-state index contributed by atoms with van der Waals surface area (Å²) >= 11 is 0. The van der Waals surface area contributed by atoms with E-state index in [1.807, 2.05) is 37.3 Å². The number of aromatic nitrogens is 1. The van der Waals surface area contributed by atoms with Crippen molar-refractivity contribution in [3.8, 4) is 17.3 Å². The second-order valence-electron chi connectivity index (χ2n) is 4.01. The predicted molar refractivity (Wildman–Crippen MR) is 68.6 cm³/mol. The summed E-state index contributed by atoms with van der Waals surface area (Å²) in [6.45, 7) is 1.97. The van der Waals surface area contributed by atoms with Crippen molar-refractivity contribution in [2.45, 2.75) is 6.92 Å². The minimum absolute atomic E-state index is 0.0714. The SMILES string of the molecule is Cc1ccc(-c2[nH]c(C(N)=O)c(N)c2C#N)cc1. The lowest BCUT2D eigenvalue weighted by Gasteiger charge is -1.99. The Balaban J connectivity index is 2.65. The number of hydrogen-bond donors (Lipinski definition) is 3. The Morgan fingerprint density at radius 1 is 1.33 bits per heavy atom. The summed E-state index contributed by atoms with van der Waals surface area (Å²) in [5, 5.41) is 9.11. The molecule has 0 saturated carbocycles. The summed E-state index contributed by atoms with van der Waals surface area (Å²) in [5.74, 6) is -0.678. The first kappa shape index (κ1) is 11.7. The summed E-state index contributed by atoms with van der Waals surface area (Å²) < 4.78 is 0. The van der Waals surface area contributed by atoms with E-state index in [9.17, 15) is 4.79 Å². The lowest BCUT2D eigenvalue weighted by Crippen LogP contribution is -2.13. The van der Waals surface area contributed by atoms with E-state index in [1.54, 1.807) is 0 Å². The van der Waals surface area contributed by atoms with Crippen molar-refractivity contribution in [2.75, 3.05) is 5.73 Å². The number of nitriles is 1. The first-order valence-electron chi connectivity index (χ1n) is 5.33. The van der Waals surface area contributed by atoms with Gasteiger partial charge < -0.3 is 16.5 Å². The molecule has 18 heavy (non-hydrogen) atoms. The molecule has 1 heterocycles. The number of aromatic amines is 1. The molecular formula is C13H12N4O. The smallest absolute Gasteiger partial charge is 0.267 e. The van der Waals surface area contributed by atoms with Crippen LogP contribution in [0.15, 0.2) is 24.3 Å². The minimum Gasteiger partial charge on any atom is -0.396 e. The number of nitrogen functional groups attached to an aromatic ring is 1. The van der Waals surface area contributed by atoms with Crippen LogP contribution in [0.2, 0.25) is 0 Å². The molecule has 1 aromatic carbocycles. The first-order valence-corrected chi connectivity index (χ1v) is 5.33. The van der Waals surface area contributed by atoms with Crippen LogP contribution in [0.5, 0.6) is 0 Å². The summed E-state index contributed by atoms with van der Waals surface area (Å²) in [7, 11) is 0. The van der Waals surface area contributed by atoms with Crippen LogP contribution in [0.4, 0.5) is 5.69 Å². The highest BCUT2D eigenvalue weighted by Gasteiger charge is 2.19. The fraction of sp³-hybridized carbons (Fsp3) is 0.0769. The maximum Gasteiger partial charge on any atom is 0.267 e. The van der Waals surface area contributed by atoms with Gasteiger partial charge in [-0.1, -0.05) is 29.8 Å². The second-order valence-corrected chi connectivity index (χ2v) is 4.01. The van der Waals surface area contributed by atoms with Gasteiger partial charge in [-0.05, 0) is 12.5 Å². The van der Waals surface area contributed by atoms with Crippen LogP contribution in [0, 0.1) is 18.3 Å². The minimum atomic E-state index is -0.678. The number of carbonyl (C=O) groups is 1. The highest BCUT2D eigenvalue weighted by molar-refractivity contribution is 5.99. The van der Waals surface area contributed by atoms with E-state index in [0.29, 0.717) is 5.69 Å². The van der Waals surface area contributed by atoms with Crippen molar-refractivity contribution in [2.24, 2.45) is 5.73 Å². The normalized spacial score (nSPS) is 10.0. The molecule has 2 aromatic rings. The number of carbonyl (C=O) groups excluding carboxylic acids is 1. The van der Waals surface area contributed by atoms with E-state index in [0.717, 1.165) is 11.1 Å². The Morgan fingerprint density at radius 3 is 2.44 bits per heavy atom. The average molecular weight is 240 g/mol. The molecule has 0 fully saturated rings. The van der Waals surface area contributed by atoms with Crippen LogP contribution in [-0.2, 0) is 0 Å². The zero-order valence-electron chi connectivity index (χ0n) is 9.82. The van der Waals surface area contributed by atoms with E-state index in [-0.39, 0.29) is 16.9 Å². The average Bonchev–Trinajstić information content (AvgIpc) is 2.67. The van der Waals surface area contributed by atoms with Gasteiger partial charge in [-0.3, -0.25) is 4.79 Å². The van der Waals surface area contributed by atoms with Crippen molar-refractivity contribution < 1.29 is 4.79 Å². The van der Waals surface area contributed by atoms with Crippen molar-refractivity contribution in [3.63, 3.8) is 0 Å². The van der Waals surface area contributed by atoms with Crippen molar-refractivity contribution in [1.29, 1.82) is 5.26 Å². The molecule has 0 bridgehead atoms.